The highest BCUT2D eigenvalue weighted by Crippen LogP contribution is 2.22. The Kier molecular flexibility index (Phi) is 4.79. The zero-order valence-corrected chi connectivity index (χ0v) is 13.2. The van der Waals surface area contributed by atoms with Crippen molar-refractivity contribution in [2.24, 2.45) is 0 Å². The first-order valence-electron chi connectivity index (χ1n) is 7.28. The summed E-state index contributed by atoms with van der Waals surface area (Å²) in [5, 5.41) is 0. The van der Waals surface area contributed by atoms with E-state index in [-0.39, 0.29) is 12.2 Å². The topological polar surface area (TPSA) is 55.8 Å². The molecule has 0 spiro atoms. The van der Waals surface area contributed by atoms with E-state index in [0.717, 1.165) is 0 Å². The van der Waals surface area contributed by atoms with E-state index in [1.165, 1.54) is 0 Å². The molecule has 1 atom stereocenters. The fourth-order valence-electron chi connectivity index (χ4n) is 2.26. The first-order valence-corrected chi connectivity index (χ1v) is 7.28. The molecule has 0 saturated carbocycles. The van der Waals surface area contributed by atoms with E-state index in [2.05, 4.69) is 0 Å². The molecule has 1 aromatic carbocycles. The Morgan fingerprint density at radius 2 is 2.14 bits per heavy atom. The second-order valence-corrected chi connectivity index (χ2v) is 6.37. The minimum absolute atomic E-state index is 0.158. The average molecular weight is 301 g/mol. The lowest BCUT2D eigenvalue weighted by Gasteiger charge is -2.24. The first-order chi connectivity index (χ1) is 10.3. The first kappa shape index (κ1) is 16.4. The van der Waals surface area contributed by atoms with Gasteiger partial charge in [0, 0.05) is 13.0 Å². The van der Waals surface area contributed by atoms with Crippen LogP contribution in [0.4, 0.5) is 4.79 Å². The van der Waals surface area contributed by atoms with Crippen LogP contribution in [0, 0.1) is 0 Å². The van der Waals surface area contributed by atoms with Crippen molar-refractivity contribution in [2.75, 3.05) is 13.1 Å². The molecule has 22 heavy (non-hydrogen) atoms. The van der Waals surface area contributed by atoms with Crippen molar-refractivity contribution in [3.63, 3.8) is 0 Å². The van der Waals surface area contributed by atoms with Crippen LogP contribution in [0.2, 0.25) is 0 Å². The summed E-state index contributed by atoms with van der Waals surface area (Å²) in [6, 6.07) is 4.93. The highest BCUT2D eigenvalue weighted by atomic mass is 16.6. The van der Waals surface area contributed by atoms with E-state index in [0.29, 0.717) is 42.6 Å². The third-order valence-electron chi connectivity index (χ3n) is 3.25. The molecule has 5 nitrogen and oxygen atoms in total. The maximum absolute atomic E-state index is 12.0. The molecule has 0 aliphatic carbocycles. The Bertz CT molecular complexity index is 568. The molecule has 0 bridgehead atoms. The molecule has 2 radical (unpaired) electrons. The molecular weight excluding hydrogens is 281 g/mol. The molecule has 1 fully saturated rings. The van der Waals surface area contributed by atoms with Gasteiger partial charge in [-0.2, -0.15) is 0 Å². The summed E-state index contributed by atoms with van der Waals surface area (Å²) in [5.41, 5.74) is 0.407. The van der Waals surface area contributed by atoms with Gasteiger partial charge in [-0.05, 0) is 26.8 Å². The normalized spacial score (nSPS) is 18.1. The number of nitrogens with zero attached hydrogens (tertiary/aromatic N) is 1. The van der Waals surface area contributed by atoms with Gasteiger partial charge < -0.3 is 14.4 Å². The van der Waals surface area contributed by atoms with Gasteiger partial charge in [0.2, 0.25) is 0 Å². The highest BCUT2D eigenvalue weighted by molar-refractivity contribution is 6.32. The minimum Gasteiger partial charge on any atom is -0.488 e. The van der Waals surface area contributed by atoms with Crippen molar-refractivity contribution in [1.29, 1.82) is 0 Å². The molecule has 0 N–H and O–H groups in total. The number of aldehydes is 1. The zero-order valence-electron chi connectivity index (χ0n) is 13.2. The van der Waals surface area contributed by atoms with Crippen molar-refractivity contribution in [1.82, 2.24) is 4.90 Å². The molecule has 1 aromatic rings. The SMILES string of the molecule is [B]c1ccc(OC2CCN(C(=O)OC(C)(C)C)C2)c(C=O)c1. The molecule has 1 heterocycles. The van der Waals surface area contributed by atoms with Crippen LogP contribution >= 0.6 is 0 Å². The van der Waals surface area contributed by atoms with Crippen LogP contribution in [0.1, 0.15) is 37.6 Å². The number of likely N-dealkylation sites (tertiary alicyclic amines) is 1. The van der Waals surface area contributed by atoms with Crippen molar-refractivity contribution >= 4 is 25.7 Å². The van der Waals surface area contributed by atoms with Crippen LogP contribution in [0.3, 0.4) is 0 Å². The van der Waals surface area contributed by atoms with E-state index in [1.54, 1.807) is 23.1 Å². The van der Waals surface area contributed by atoms with Crippen molar-refractivity contribution in [2.45, 2.75) is 38.9 Å². The van der Waals surface area contributed by atoms with Gasteiger partial charge >= 0.3 is 6.09 Å². The maximum atomic E-state index is 12.0. The highest BCUT2D eigenvalue weighted by Gasteiger charge is 2.31. The Labute approximate surface area is 132 Å². The van der Waals surface area contributed by atoms with Crippen LogP contribution in [0.15, 0.2) is 18.2 Å². The summed E-state index contributed by atoms with van der Waals surface area (Å²) in [6.45, 7) is 6.52. The van der Waals surface area contributed by atoms with Gasteiger partial charge in [-0.15, -0.1) is 0 Å². The van der Waals surface area contributed by atoms with Gasteiger partial charge in [-0.25, -0.2) is 4.79 Å². The smallest absolute Gasteiger partial charge is 0.410 e. The zero-order chi connectivity index (χ0) is 16.3. The summed E-state index contributed by atoms with van der Waals surface area (Å²) in [6.07, 6.45) is 0.912. The lowest BCUT2D eigenvalue weighted by atomic mass is 9.94. The lowest BCUT2D eigenvalue weighted by Crippen LogP contribution is -2.36. The van der Waals surface area contributed by atoms with E-state index < -0.39 is 5.60 Å². The molecule has 0 aromatic heterocycles. The molecule has 1 amide bonds. The van der Waals surface area contributed by atoms with Gasteiger partial charge in [-0.3, -0.25) is 4.79 Å². The number of amides is 1. The standard InChI is InChI=1S/C16H20BNO4/c1-16(2,3)22-15(20)18-7-6-13(9-18)21-14-5-4-12(17)8-11(14)10-19/h4-5,8,10,13H,6-7,9H2,1-3H3. The van der Waals surface area contributed by atoms with Gasteiger partial charge in [-0.1, -0.05) is 17.6 Å². The number of rotatable bonds is 3. The maximum Gasteiger partial charge on any atom is 0.410 e. The van der Waals surface area contributed by atoms with Gasteiger partial charge in [0.05, 0.1) is 12.1 Å². The summed E-state index contributed by atoms with van der Waals surface area (Å²) < 4.78 is 11.2. The number of carbonyl (C=O) groups is 2. The molecule has 2 rings (SSSR count). The number of carbonyl (C=O) groups excluding carboxylic acids is 2. The van der Waals surface area contributed by atoms with Gasteiger partial charge in [0.15, 0.2) is 6.29 Å². The third kappa shape index (κ3) is 4.26. The van der Waals surface area contributed by atoms with Crippen LogP contribution in [0.5, 0.6) is 5.75 Å². The fraction of sp³-hybridized carbons (Fsp3) is 0.500. The van der Waals surface area contributed by atoms with Crippen molar-refractivity contribution in [3.05, 3.63) is 23.8 Å². The molecule has 1 unspecified atom stereocenters. The fourth-order valence-corrected chi connectivity index (χ4v) is 2.26. The quantitative estimate of drug-likeness (QED) is 0.629. The summed E-state index contributed by atoms with van der Waals surface area (Å²) in [4.78, 5) is 24.7. The Morgan fingerprint density at radius 1 is 1.41 bits per heavy atom. The van der Waals surface area contributed by atoms with E-state index in [1.807, 2.05) is 20.8 Å². The number of benzene rings is 1. The Balaban J connectivity index is 1.97. The second-order valence-electron chi connectivity index (χ2n) is 6.37. The summed E-state index contributed by atoms with van der Waals surface area (Å²) in [7, 11) is 5.65. The van der Waals surface area contributed by atoms with Gasteiger partial charge in [0.1, 0.15) is 25.3 Å². The van der Waals surface area contributed by atoms with Crippen LogP contribution in [-0.4, -0.2) is 49.9 Å². The van der Waals surface area contributed by atoms with E-state index in [9.17, 15) is 9.59 Å². The number of ether oxygens (including phenoxy) is 2. The number of hydrogen-bond acceptors (Lipinski definition) is 4. The van der Waals surface area contributed by atoms with Crippen molar-refractivity contribution in [3.8, 4) is 5.75 Å². The molecule has 1 saturated heterocycles. The summed E-state index contributed by atoms with van der Waals surface area (Å²) in [5.74, 6) is 0.486. The number of hydrogen-bond donors (Lipinski definition) is 0. The Morgan fingerprint density at radius 3 is 2.77 bits per heavy atom. The van der Waals surface area contributed by atoms with Crippen molar-refractivity contribution < 1.29 is 19.1 Å². The lowest BCUT2D eigenvalue weighted by molar-refractivity contribution is 0.0275. The predicted octanol–water partition coefficient (Wildman–Crippen LogP) is 1.68. The average Bonchev–Trinajstić information content (AvgIpc) is 2.87. The van der Waals surface area contributed by atoms with E-state index in [4.69, 9.17) is 17.3 Å². The van der Waals surface area contributed by atoms with Crippen LogP contribution in [-0.2, 0) is 4.74 Å². The molecule has 116 valence electrons. The second kappa shape index (κ2) is 6.42. The van der Waals surface area contributed by atoms with Crippen LogP contribution < -0.4 is 10.2 Å². The molecular formula is C16H20BNO4. The molecule has 1 aliphatic rings. The predicted molar refractivity (Wildman–Crippen MR) is 84.1 cm³/mol. The van der Waals surface area contributed by atoms with Crippen LogP contribution in [0.25, 0.3) is 0 Å². The third-order valence-corrected chi connectivity index (χ3v) is 3.25. The van der Waals surface area contributed by atoms with Gasteiger partial charge in [0.25, 0.3) is 0 Å². The minimum atomic E-state index is -0.516. The van der Waals surface area contributed by atoms with E-state index >= 15 is 0 Å². The monoisotopic (exact) mass is 301 g/mol. The summed E-state index contributed by atoms with van der Waals surface area (Å²) >= 11 is 0. The Hall–Kier alpha value is -1.98. The largest absolute Gasteiger partial charge is 0.488 e. The molecule has 6 heteroatoms. The molecule has 1 aliphatic heterocycles.